The number of benzene rings is 1. The summed E-state index contributed by atoms with van der Waals surface area (Å²) in [6.07, 6.45) is 9.26. The monoisotopic (exact) mass is 744 g/mol. The molecule has 1 aromatic carbocycles. The van der Waals surface area contributed by atoms with Gasteiger partial charge in [-0.25, -0.2) is 14.8 Å². The molecule has 0 spiro atoms. The van der Waals surface area contributed by atoms with Crippen LogP contribution in [0.5, 0.6) is 0 Å². The number of carbonyl (C=O) groups is 3. The minimum Gasteiger partial charge on any atom is -0.387 e. The molecule has 4 amide bonds. The van der Waals surface area contributed by atoms with E-state index in [0.29, 0.717) is 36.8 Å². The van der Waals surface area contributed by atoms with Crippen molar-refractivity contribution in [2.24, 2.45) is 0 Å². The summed E-state index contributed by atoms with van der Waals surface area (Å²) < 4.78 is 1.90. The van der Waals surface area contributed by atoms with Crippen molar-refractivity contribution in [1.29, 1.82) is 5.26 Å². The second kappa shape index (κ2) is 15.2. The smallest absolute Gasteiger partial charge is 0.328 e. The zero-order valence-electron chi connectivity index (χ0n) is 29.9. The first-order chi connectivity index (χ1) is 26.3. The summed E-state index contributed by atoms with van der Waals surface area (Å²) in [6.45, 7) is 3.96. The Hall–Kier alpha value is -5.92. The molecule has 4 aromatic heterocycles. The van der Waals surface area contributed by atoms with Gasteiger partial charge in [-0.15, -0.1) is 10.2 Å². The molecule has 276 valence electrons. The molecule has 6 heterocycles. The number of aromatic nitrogens is 5. The van der Waals surface area contributed by atoms with Crippen LogP contribution < -0.4 is 25.8 Å². The van der Waals surface area contributed by atoms with Gasteiger partial charge in [-0.2, -0.15) is 5.26 Å². The highest BCUT2D eigenvalue weighted by atomic mass is 32.1. The number of carbonyl (C=O) groups excluding carboxylic acids is 3. The maximum atomic E-state index is 13.1. The number of nitrogens with zero attached hydrogens (tertiary/aromatic N) is 9. The number of nitrogens with one attached hydrogen (secondary N) is 3. The van der Waals surface area contributed by atoms with Gasteiger partial charge >= 0.3 is 6.03 Å². The number of nitriles is 1. The fourth-order valence-corrected chi connectivity index (χ4v) is 8.55. The van der Waals surface area contributed by atoms with Gasteiger partial charge in [0.1, 0.15) is 22.5 Å². The van der Waals surface area contributed by atoms with Crippen molar-refractivity contribution in [3.05, 3.63) is 71.6 Å². The van der Waals surface area contributed by atoms with E-state index in [9.17, 15) is 19.6 Å². The van der Waals surface area contributed by atoms with Crippen LogP contribution in [-0.4, -0.2) is 99.8 Å². The Morgan fingerprint density at radius 1 is 0.963 bits per heavy atom. The van der Waals surface area contributed by atoms with Crippen LogP contribution in [0.4, 0.5) is 21.9 Å². The Bertz CT molecular complexity index is 2230. The molecule has 0 bridgehead atoms. The van der Waals surface area contributed by atoms with Gasteiger partial charge in [0.2, 0.25) is 11.8 Å². The molecule has 3 N–H and O–H groups in total. The third-order valence-corrected chi connectivity index (χ3v) is 11.6. The lowest BCUT2D eigenvalue weighted by Gasteiger charge is -2.36. The summed E-state index contributed by atoms with van der Waals surface area (Å²) in [5.41, 5.74) is 4.84. The van der Waals surface area contributed by atoms with Crippen molar-refractivity contribution >= 4 is 57.3 Å². The van der Waals surface area contributed by atoms with Gasteiger partial charge in [0.15, 0.2) is 5.01 Å². The maximum Gasteiger partial charge on any atom is 0.328 e. The summed E-state index contributed by atoms with van der Waals surface area (Å²) in [5.74, 6) is 0.831. The van der Waals surface area contributed by atoms with Crippen LogP contribution >= 0.6 is 11.3 Å². The van der Waals surface area contributed by atoms with Gasteiger partial charge in [0, 0.05) is 105 Å². The SMILES string of the molecule is CNc1cc(-n2ccc3cc(C#N)cnc32)ncc1-c1nnc([C@H]2CC[C@H](NC(=O)CN3CCN(c4ccc(N5CCC(=O)NC5=O)cc4)CC3)CC2)s1. The fraction of sp³-hybridized carbons (Fsp3) is 0.368. The topological polar surface area (TPSA) is 177 Å². The van der Waals surface area contributed by atoms with Crippen molar-refractivity contribution in [3.8, 4) is 22.5 Å². The Morgan fingerprint density at radius 2 is 1.74 bits per heavy atom. The number of piperazine rings is 1. The molecule has 2 saturated heterocycles. The molecule has 8 rings (SSSR count). The highest BCUT2D eigenvalue weighted by Crippen LogP contribution is 2.38. The van der Waals surface area contributed by atoms with E-state index >= 15 is 0 Å². The zero-order valence-corrected chi connectivity index (χ0v) is 30.7. The summed E-state index contributed by atoms with van der Waals surface area (Å²) >= 11 is 1.60. The second-order valence-corrected chi connectivity index (χ2v) is 14.9. The van der Waals surface area contributed by atoms with Gasteiger partial charge in [-0.1, -0.05) is 11.3 Å². The quantitative estimate of drug-likeness (QED) is 0.197. The molecule has 1 aliphatic carbocycles. The lowest BCUT2D eigenvalue weighted by atomic mass is 9.86. The van der Waals surface area contributed by atoms with Gasteiger partial charge in [0.05, 0.1) is 17.7 Å². The first-order valence-corrected chi connectivity index (χ1v) is 19.0. The molecule has 54 heavy (non-hydrogen) atoms. The predicted molar refractivity (Wildman–Crippen MR) is 206 cm³/mol. The molecule has 16 heteroatoms. The number of pyridine rings is 2. The predicted octanol–water partition coefficient (Wildman–Crippen LogP) is 4.26. The average Bonchev–Trinajstić information content (AvgIpc) is 3.86. The molecule has 3 aliphatic rings. The Balaban J connectivity index is 0.803. The standard InChI is InChI=1S/C38H40N12O3S/c1-40-31-19-32(50-12-10-26-18-24(20-39)21-42-35(26)50)41-22-30(31)37-46-45-36(54-37)25-2-4-27(5-3-25)43-34(52)23-47-14-16-48(17-15-47)28-6-8-29(9-7-28)49-13-11-33(51)44-38(49)53/h6-10,12,18-19,21-22,25,27H,2-5,11,13-17,23H2,1H3,(H,40,41)(H,43,52)(H,44,51,53)/t25-,27-. The normalized spacial score (nSPS) is 19.4. The fourth-order valence-electron chi connectivity index (χ4n) is 7.51. The largest absolute Gasteiger partial charge is 0.387 e. The molecule has 5 aromatic rings. The van der Waals surface area contributed by atoms with Crippen LogP contribution in [0.25, 0.3) is 27.4 Å². The minimum atomic E-state index is -0.384. The molecule has 0 radical (unpaired) electrons. The number of hydrogen-bond acceptors (Lipinski definition) is 12. The third-order valence-electron chi connectivity index (χ3n) is 10.5. The van der Waals surface area contributed by atoms with Gasteiger partial charge < -0.3 is 15.5 Å². The van der Waals surface area contributed by atoms with Gasteiger partial charge in [0.25, 0.3) is 0 Å². The van der Waals surface area contributed by atoms with Crippen LogP contribution in [-0.2, 0) is 9.59 Å². The van der Waals surface area contributed by atoms with E-state index in [2.05, 4.69) is 47.0 Å². The molecule has 0 atom stereocenters. The van der Waals surface area contributed by atoms with Crippen LogP contribution in [0.2, 0.25) is 0 Å². The molecule has 3 fully saturated rings. The Kier molecular flexibility index (Phi) is 9.89. The van der Waals surface area contributed by atoms with E-state index in [1.54, 1.807) is 22.4 Å². The van der Waals surface area contributed by atoms with Crippen LogP contribution in [0.1, 0.15) is 48.6 Å². The Labute approximate surface area is 316 Å². The molecule has 0 unspecified atom stereocenters. The highest BCUT2D eigenvalue weighted by Gasteiger charge is 2.28. The summed E-state index contributed by atoms with van der Waals surface area (Å²) in [5, 5.41) is 30.0. The van der Waals surface area contributed by atoms with Gasteiger partial charge in [-0.3, -0.25) is 29.3 Å². The molecule has 1 saturated carbocycles. The molecule has 2 aliphatic heterocycles. The number of rotatable bonds is 9. The van der Waals surface area contributed by atoms with E-state index < -0.39 is 0 Å². The number of hydrogen-bond donors (Lipinski definition) is 3. The first kappa shape index (κ1) is 35.1. The molecular formula is C38H40N12O3S. The van der Waals surface area contributed by atoms with Crippen molar-refractivity contribution in [2.45, 2.75) is 44.1 Å². The van der Waals surface area contributed by atoms with E-state index in [-0.39, 0.29) is 23.9 Å². The van der Waals surface area contributed by atoms with Crippen LogP contribution in [0.15, 0.2) is 61.1 Å². The zero-order chi connectivity index (χ0) is 37.2. The number of fused-ring (bicyclic) bond motifs is 1. The van der Waals surface area contributed by atoms with Crippen molar-refractivity contribution in [1.82, 2.24) is 40.3 Å². The van der Waals surface area contributed by atoms with E-state index in [4.69, 9.17) is 4.98 Å². The third kappa shape index (κ3) is 7.32. The summed E-state index contributed by atoms with van der Waals surface area (Å²) in [4.78, 5) is 52.0. The number of imide groups is 1. The molecular weight excluding hydrogens is 705 g/mol. The Morgan fingerprint density at radius 3 is 2.48 bits per heavy atom. The average molecular weight is 745 g/mol. The van der Waals surface area contributed by atoms with Crippen molar-refractivity contribution in [2.75, 3.05) is 61.4 Å². The second-order valence-electron chi connectivity index (χ2n) is 13.9. The van der Waals surface area contributed by atoms with Crippen LogP contribution in [0.3, 0.4) is 0 Å². The lowest BCUT2D eigenvalue weighted by Crippen LogP contribution is -2.51. The van der Waals surface area contributed by atoms with Crippen LogP contribution in [0, 0.1) is 11.3 Å². The number of urea groups is 1. The molecule has 15 nitrogen and oxygen atoms in total. The van der Waals surface area contributed by atoms with Crippen molar-refractivity contribution < 1.29 is 14.4 Å². The summed E-state index contributed by atoms with van der Waals surface area (Å²) in [6, 6.07) is 15.5. The van der Waals surface area contributed by atoms with E-state index in [1.807, 2.05) is 66.5 Å². The number of amides is 4. The van der Waals surface area contributed by atoms with Crippen molar-refractivity contribution in [3.63, 3.8) is 0 Å². The number of anilines is 3. The lowest BCUT2D eigenvalue weighted by molar-refractivity contribution is -0.123. The maximum absolute atomic E-state index is 13.1. The van der Waals surface area contributed by atoms with E-state index in [0.717, 1.165) is 95.5 Å². The first-order valence-electron chi connectivity index (χ1n) is 18.2. The van der Waals surface area contributed by atoms with E-state index in [1.165, 1.54) is 0 Å². The summed E-state index contributed by atoms with van der Waals surface area (Å²) in [7, 11) is 1.87. The highest BCUT2D eigenvalue weighted by molar-refractivity contribution is 7.14. The minimum absolute atomic E-state index is 0.0684. The van der Waals surface area contributed by atoms with Gasteiger partial charge in [-0.05, 0) is 62.1 Å².